The Morgan fingerprint density at radius 3 is 2.79 bits per heavy atom. The zero-order chi connectivity index (χ0) is 19.5. The van der Waals surface area contributed by atoms with E-state index in [4.69, 9.17) is 9.15 Å². The lowest BCUT2D eigenvalue weighted by molar-refractivity contribution is 0.0796. The molecule has 0 unspecified atom stereocenters. The van der Waals surface area contributed by atoms with Crippen LogP contribution in [0.5, 0.6) is 0 Å². The van der Waals surface area contributed by atoms with Crippen LogP contribution < -0.4 is 16.3 Å². The lowest BCUT2D eigenvalue weighted by Crippen LogP contribution is -2.24. The molecular weight excluding hydrogens is 358 g/mol. The number of aliphatic imine (C=N–C) groups is 1. The van der Waals surface area contributed by atoms with Gasteiger partial charge in [-0.15, -0.1) is 0 Å². The summed E-state index contributed by atoms with van der Waals surface area (Å²) in [6, 6.07) is 9.19. The molecule has 4 rings (SSSR count). The predicted octanol–water partition coefficient (Wildman–Crippen LogP) is 2.44. The van der Waals surface area contributed by atoms with Gasteiger partial charge < -0.3 is 19.8 Å². The van der Waals surface area contributed by atoms with Gasteiger partial charge in [0, 0.05) is 36.9 Å². The number of carbonyl (C=O) groups excluding carboxylic acids is 1. The van der Waals surface area contributed by atoms with E-state index in [2.05, 4.69) is 15.6 Å². The van der Waals surface area contributed by atoms with Crippen LogP contribution in [0.15, 0.2) is 44.5 Å². The maximum Gasteiger partial charge on any atom is 0.349 e. The molecule has 28 heavy (non-hydrogen) atoms. The van der Waals surface area contributed by atoms with E-state index in [0.717, 1.165) is 37.3 Å². The third kappa shape index (κ3) is 3.84. The minimum absolute atomic E-state index is 0.0394. The van der Waals surface area contributed by atoms with E-state index in [0.29, 0.717) is 30.2 Å². The third-order valence-electron chi connectivity index (χ3n) is 5.09. The maximum absolute atomic E-state index is 12.7. The molecule has 1 saturated heterocycles. The van der Waals surface area contributed by atoms with Crippen molar-refractivity contribution in [1.29, 1.82) is 0 Å². The fraction of sp³-hybridized carbons (Fsp3) is 0.381. The van der Waals surface area contributed by atoms with Gasteiger partial charge in [-0.1, -0.05) is 12.1 Å². The number of rotatable bonds is 4. The summed E-state index contributed by atoms with van der Waals surface area (Å²) in [6.07, 6.45) is 1.64. The Hall–Kier alpha value is -2.93. The number of ether oxygens (including phenoxy) is 1. The Morgan fingerprint density at radius 1 is 1.25 bits per heavy atom. The molecule has 2 aromatic rings. The third-order valence-corrected chi connectivity index (χ3v) is 5.09. The zero-order valence-electron chi connectivity index (χ0n) is 15.8. The standard InChI is InChI=1S/C21H23N3O4/c1-13-11-17(14-5-9-27-10-6-14)28-21(26)18(13)20(25)24-16-4-2-3-15(12-16)19-22-7-8-23-19/h2-4,11-12,14H,5-10H2,1H3,(H,22,23)(H,24,25). The first kappa shape index (κ1) is 18.4. The van der Waals surface area contributed by atoms with Gasteiger partial charge in [-0.05, 0) is 43.5 Å². The Balaban J connectivity index is 1.55. The van der Waals surface area contributed by atoms with Crippen molar-refractivity contribution in [2.75, 3.05) is 31.6 Å². The van der Waals surface area contributed by atoms with E-state index in [9.17, 15) is 9.59 Å². The van der Waals surface area contributed by atoms with E-state index < -0.39 is 11.5 Å². The van der Waals surface area contributed by atoms with E-state index in [-0.39, 0.29) is 11.5 Å². The smallest absolute Gasteiger partial charge is 0.349 e. The molecule has 0 spiro atoms. The molecule has 0 bridgehead atoms. The second kappa shape index (κ2) is 7.98. The molecule has 1 amide bonds. The van der Waals surface area contributed by atoms with Crippen molar-refractivity contribution in [2.45, 2.75) is 25.7 Å². The summed E-state index contributed by atoms with van der Waals surface area (Å²) in [5.41, 5.74) is 1.56. The second-order valence-electron chi connectivity index (χ2n) is 7.07. The fourth-order valence-electron chi connectivity index (χ4n) is 3.62. The molecule has 0 saturated carbocycles. The normalized spacial score (nSPS) is 17.1. The molecule has 3 heterocycles. The zero-order valence-corrected chi connectivity index (χ0v) is 15.8. The monoisotopic (exact) mass is 381 g/mol. The number of aryl methyl sites for hydroxylation is 1. The quantitative estimate of drug-likeness (QED) is 0.849. The number of nitrogens with one attached hydrogen (secondary N) is 2. The highest BCUT2D eigenvalue weighted by molar-refractivity contribution is 6.06. The van der Waals surface area contributed by atoms with Crippen molar-refractivity contribution in [3.8, 4) is 0 Å². The molecule has 1 aromatic carbocycles. The van der Waals surface area contributed by atoms with Gasteiger partial charge in [0.2, 0.25) is 0 Å². The molecule has 2 aliphatic heterocycles. The number of hydrogen-bond donors (Lipinski definition) is 2. The van der Waals surface area contributed by atoms with Crippen molar-refractivity contribution in [3.05, 3.63) is 63.2 Å². The van der Waals surface area contributed by atoms with Gasteiger partial charge in [0.15, 0.2) is 0 Å². The number of hydrogen-bond acceptors (Lipinski definition) is 6. The minimum Gasteiger partial charge on any atom is -0.427 e. The number of nitrogens with zero attached hydrogens (tertiary/aromatic N) is 1. The highest BCUT2D eigenvalue weighted by Gasteiger charge is 2.23. The van der Waals surface area contributed by atoms with Crippen molar-refractivity contribution in [1.82, 2.24) is 5.32 Å². The molecule has 0 aliphatic carbocycles. The van der Waals surface area contributed by atoms with Crippen LogP contribution in [-0.2, 0) is 4.74 Å². The first-order chi connectivity index (χ1) is 13.6. The van der Waals surface area contributed by atoms with Crippen molar-refractivity contribution in [2.24, 2.45) is 4.99 Å². The van der Waals surface area contributed by atoms with Crippen LogP contribution in [0.25, 0.3) is 0 Å². The number of benzene rings is 1. The Bertz CT molecular complexity index is 974. The molecular formula is C21H23N3O4. The Kier molecular flexibility index (Phi) is 5.25. The largest absolute Gasteiger partial charge is 0.427 e. The van der Waals surface area contributed by atoms with Gasteiger partial charge in [-0.25, -0.2) is 4.79 Å². The molecule has 2 aliphatic rings. The van der Waals surface area contributed by atoms with E-state index in [1.165, 1.54) is 0 Å². The first-order valence-corrected chi connectivity index (χ1v) is 9.54. The number of amides is 1. The van der Waals surface area contributed by atoms with Crippen LogP contribution >= 0.6 is 0 Å². The van der Waals surface area contributed by atoms with Crippen LogP contribution in [-0.4, -0.2) is 38.0 Å². The molecule has 0 atom stereocenters. The maximum atomic E-state index is 12.7. The predicted molar refractivity (Wildman–Crippen MR) is 106 cm³/mol. The van der Waals surface area contributed by atoms with E-state index >= 15 is 0 Å². The molecule has 2 N–H and O–H groups in total. The minimum atomic E-state index is -0.600. The molecule has 0 radical (unpaired) electrons. The molecule has 1 fully saturated rings. The van der Waals surface area contributed by atoms with Gasteiger partial charge in [-0.3, -0.25) is 9.79 Å². The molecule has 7 nitrogen and oxygen atoms in total. The van der Waals surface area contributed by atoms with Crippen molar-refractivity contribution >= 4 is 17.4 Å². The first-order valence-electron chi connectivity index (χ1n) is 9.54. The van der Waals surface area contributed by atoms with Crippen LogP contribution in [0.1, 0.15) is 46.0 Å². The van der Waals surface area contributed by atoms with Gasteiger partial charge in [-0.2, -0.15) is 0 Å². The van der Waals surface area contributed by atoms with E-state index in [1.807, 2.05) is 18.2 Å². The SMILES string of the molecule is Cc1cc(C2CCOCC2)oc(=O)c1C(=O)Nc1cccc(C2=NCCN2)c1. The molecule has 7 heteroatoms. The summed E-state index contributed by atoms with van der Waals surface area (Å²) in [5.74, 6) is 1.14. The van der Waals surface area contributed by atoms with Crippen molar-refractivity contribution in [3.63, 3.8) is 0 Å². The lowest BCUT2D eigenvalue weighted by atomic mass is 9.95. The lowest BCUT2D eigenvalue weighted by Gasteiger charge is -2.21. The van der Waals surface area contributed by atoms with Crippen LogP contribution in [0.2, 0.25) is 0 Å². The highest BCUT2D eigenvalue weighted by Crippen LogP contribution is 2.27. The van der Waals surface area contributed by atoms with Crippen LogP contribution in [0, 0.1) is 6.92 Å². The van der Waals surface area contributed by atoms with Gasteiger partial charge in [0.25, 0.3) is 5.91 Å². The summed E-state index contributed by atoms with van der Waals surface area (Å²) in [6.45, 7) is 4.64. The Morgan fingerprint density at radius 2 is 2.07 bits per heavy atom. The highest BCUT2D eigenvalue weighted by atomic mass is 16.5. The summed E-state index contributed by atoms with van der Waals surface area (Å²) >= 11 is 0. The topological polar surface area (TPSA) is 92.9 Å². The average Bonchev–Trinajstić information content (AvgIpc) is 3.23. The van der Waals surface area contributed by atoms with E-state index in [1.54, 1.807) is 19.1 Å². The number of amidine groups is 1. The summed E-state index contributed by atoms with van der Waals surface area (Å²) in [7, 11) is 0. The van der Waals surface area contributed by atoms with Gasteiger partial charge in [0.05, 0.1) is 6.54 Å². The van der Waals surface area contributed by atoms with Crippen molar-refractivity contribution < 1.29 is 13.9 Å². The second-order valence-corrected chi connectivity index (χ2v) is 7.07. The van der Waals surface area contributed by atoms with Gasteiger partial charge in [0.1, 0.15) is 17.2 Å². The molecule has 1 aromatic heterocycles. The Labute approximate surface area is 162 Å². The van der Waals surface area contributed by atoms with Crippen LogP contribution in [0.3, 0.4) is 0 Å². The summed E-state index contributed by atoms with van der Waals surface area (Å²) < 4.78 is 10.9. The summed E-state index contributed by atoms with van der Waals surface area (Å²) in [4.78, 5) is 29.6. The summed E-state index contributed by atoms with van der Waals surface area (Å²) in [5, 5.41) is 6.01. The van der Waals surface area contributed by atoms with Crippen LogP contribution in [0.4, 0.5) is 5.69 Å². The number of carbonyl (C=O) groups is 1. The number of anilines is 1. The van der Waals surface area contributed by atoms with Gasteiger partial charge >= 0.3 is 5.63 Å². The fourth-order valence-corrected chi connectivity index (χ4v) is 3.62. The average molecular weight is 381 g/mol. The molecule has 146 valence electrons.